The molecule has 2 atom stereocenters. The zero-order chi connectivity index (χ0) is 23.4. The quantitative estimate of drug-likeness (QED) is 0.323. The average molecular weight is 528 g/mol. The third kappa shape index (κ3) is 6.34. The van der Waals surface area contributed by atoms with E-state index >= 15 is 0 Å². The van der Waals surface area contributed by atoms with Gasteiger partial charge in [0.1, 0.15) is 11.6 Å². The minimum atomic E-state index is -0.452. The Balaban J connectivity index is 1.53. The molecule has 1 N–H and O–H groups in total. The van der Waals surface area contributed by atoms with E-state index in [1.165, 1.54) is 6.07 Å². The van der Waals surface area contributed by atoms with Crippen LogP contribution in [0.2, 0.25) is 15.1 Å². The molecule has 1 fully saturated rings. The summed E-state index contributed by atoms with van der Waals surface area (Å²) in [6.45, 7) is 1.44. The second kappa shape index (κ2) is 11.3. The van der Waals surface area contributed by atoms with Crippen molar-refractivity contribution in [3.05, 3.63) is 92.9 Å². The Bertz CT molecular complexity index is 1100. The van der Waals surface area contributed by atoms with Gasteiger partial charge >= 0.3 is 0 Å². The van der Waals surface area contributed by atoms with Crippen LogP contribution in [0.3, 0.4) is 0 Å². The Morgan fingerprint density at radius 1 is 0.909 bits per heavy atom. The van der Waals surface area contributed by atoms with Crippen LogP contribution in [-0.4, -0.2) is 13.1 Å². The molecule has 1 saturated heterocycles. The van der Waals surface area contributed by atoms with Gasteiger partial charge < -0.3 is 4.90 Å². The SMILES string of the molecule is Fc1ccc(F)c(SNCC2CCCC(c3ccc(Cl)cc3Cl)N(c3ccc(Cl)cc3)C2)c1. The first-order valence-corrected chi connectivity index (χ1v) is 12.7. The van der Waals surface area contributed by atoms with Crippen molar-refractivity contribution in [2.24, 2.45) is 5.92 Å². The van der Waals surface area contributed by atoms with Crippen molar-refractivity contribution < 1.29 is 8.78 Å². The number of hydrogen-bond acceptors (Lipinski definition) is 3. The summed E-state index contributed by atoms with van der Waals surface area (Å²) < 4.78 is 30.7. The Labute approximate surface area is 212 Å². The number of nitrogens with one attached hydrogen (secondary N) is 1. The van der Waals surface area contributed by atoms with E-state index in [2.05, 4.69) is 9.62 Å². The highest BCUT2D eigenvalue weighted by atomic mass is 35.5. The molecule has 1 aliphatic heterocycles. The Hall–Kier alpha value is -1.50. The molecule has 174 valence electrons. The summed E-state index contributed by atoms with van der Waals surface area (Å²) in [6.07, 6.45) is 2.95. The fourth-order valence-corrected chi connectivity index (χ4v) is 5.70. The van der Waals surface area contributed by atoms with Gasteiger partial charge in [-0.1, -0.05) is 47.3 Å². The molecule has 33 heavy (non-hydrogen) atoms. The molecule has 0 radical (unpaired) electrons. The van der Waals surface area contributed by atoms with Gasteiger partial charge in [0.2, 0.25) is 0 Å². The zero-order valence-electron chi connectivity index (χ0n) is 17.7. The van der Waals surface area contributed by atoms with Crippen LogP contribution in [-0.2, 0) is 0 Å². The lowest BCUT2D eigenvalue weighted by atomic mass is 9.99. The molecule has 8 heteroatoms. The van der Waals surface area contributed by atoms with E-state index in [-0.39, 0.29) is 10.9 Å². The fraction of sp³-hybridized carbons (Fsp3) is 0.280. The highest BCUT2D eigenvalue weighted by Crippen LogP contribution is 2.39. The first-order valence-electron chi connectivity index (χ1n) is 10.7. The molecule has 0 aromatic heterocycles. The fourth-order valence-electron chi connectivity index (χ4n) is 4.22. The van der Waals surface area contributed by atoms with Gasteiger partial charge in [0.25, 0.3) is 0 Å². The lowest BCUT2D eigenvalue weighted by Crippen LogP contribution is -2.34. The summed E-state index contributed by atoms with van der Waals surface area (Å²) in [7, 11) is 0. The highest BCUT2D eigenvalue weighted by Gasteiger charge is 2.29. The number of halogens is 5. The van der Waals surface area contributed by atoms with E-state index in [1.54, 1.807) is 6.07 Å². The van der Waals surface area contributed by atoms with Gasteiger partial charge in [-0.05, 0) is 90.9 Å². The maximum Gasteiger partial charge on any atom is 0.138 e. The number of rotatable bonds is 6. The molecule has 0 saturated carbocycles. The molecule has 0 spiro atoms. The summed E-state index contributed by atoms with van der Waals surface area (Å²) >= 11 is 20.0. The van der Waals surface area contributed by atoms with E-state index in [0.29, 0.717) is 27.5 Å². The molecule has 0 bridgehead atoms. The standard InChI is InChI=1S/C25H23Cl3F2N2S/c26-17-4-8-20(9-5-17)32-15-16(14-31-33-25-13-19(29)7-11-23(25)30)2-1-3-24(32)21-10-6-18(27)12-22(21)28/h4-13,16,24,31H,1-3,14-15H2. The van der Waals surface area contributed by atoms with Gasteiger partial charge in [0.05, 0.1) is 10.9 Å². The van der Waals surface area contributed by atoms with Crippen LogP contribution in [0.1, 0.15) is 30.9 Å². The molecule has 2 nitrogen and oxygen atoms in total. The van der Waals surface area contributed by atoms with Gasteiger partial charge in [0.15, 0.2) is 0 Å². The number of hydrogen-bond donors (Lipinski definition) is 1. The molecule has 4 rings (SSSR count). The van der Waals surface area contributed by atoms with Crippen LogP contribution in [0.5, 0.6) is 0 Å². The molecule has 1 aliphatic rings. The smallest absolute Gasteiger partial charge is 0.138 e. The van der Waals surface area contributed by atoms with Crippen LogP contribution >= 0.6 is 46.8 Å². The predicted octanol–water partition coefficient (Wildman–Crippen LogP) is 8.57. The normalized spacial score (nSPS) is 18.9. The molecule has 0 aliphatic carbocycles. The van der Waals surface area contributed by atoms with Crippen molar-refractivity contribution >= 4 is 52.4 Å². The van der Waals surface area contributed by atoms with Crippen molar-refractivity contribution in [3.8, 4) is 0 Å². The van der Waals surface area contributed by atoms with Gasteiger partial charge in [-0.25, -0.2) is 8.78 Å². The van der Waals surface area contributed by atoms with E-state index < -0.39 is 11.6 Å². The van der Waals surface area contributed by atoms with Crippen molar-refractivity contribution in [1.29, 1.82) is 0 Å². The lowest BCUT2D eigenvalue weighted by molar-refractivity contribution is 0.494. The second-order valence-electron chi connectivity index (χ2n) is 8.13. The minimum absolute atomic E-state index is 0.0919. The summed E-state index contributed by atoms with van der Waals surface area (Å²) in [5, 5.41) is 1.95. The molecular weight excluding hydrogens is 505 g/mol. The van der Waals surface area contributed by atoms with Crippen molar-refractivity contribution in [2.45, 2.75) is 30.2 Å². The number of anilines is 1. The van der Waals surface area contributed by atoms with Crippen molar-refractivity contribution in [2.75, 3.05) is 18.0 Å². The zero-order valence-corrected chi connectivity index (χ0v) is 20.8. The summed E-state index contributed by atoms with van der Waals surface area (Å²) in [5.41, 5.74) is 2.10. The largest absolute Gasteiger partial charge is 0.364 e. The first-order chi connectivity index (χ1) is 15.9. The van der Waals surface area contributed by atoms with Crippen molar-refractivity contribution in [1.82, 2.24) is 4.72 Å². The third-order valence-corrected chi connectivity index (χ3v) is 7.51. The number of benzene rings is 3. The first kappa shape index (κ1) is 24.6. The van der Waals surface area contributed by atoms with E-state index in [1.807, 2.05) is 36.4 Å². The molecular formula is C25H23Cl3F2N2S. The van der Waals surface area contributed by atoms with Gasteiger partial charge in [-0.15, -0.1) is 0 Å². The van der Waals surface area contributed by atoms with Gasteiger partial charge in [-0.3, -0.25) is 4.72 Å². The Morgan fingerprint density at radius 2 is 1.67 bits per heavy atom. The van der Waals surface area contributed by atoms with Crippen LogP contribution in [0.25, 0.3) is 0 Å². The summed E-state index contributed by atoms with van der Waals surface area (Å²) in [6, 6.07) is 17.0. The minimum Gasteiger partial charge on any atom is -0.364 e. The Kier molecular flexibility index (Phi) is 8.42. The molecule has 1 heterocycles. The van der Waals surface area contributed by atoms with Crippen molar-refractivity contribution in [3.63, 3.8) is 0 Å². The maximum absolute atomic E-state index is 14.0. The van der Waals surface area contributed by atoms with Crippen LogP contribution in [0, 0.1) is 17.6 Å². The number of nitrogens with zero attached hydrogens (tertiary/aromatic N) is 1. The van der Waals surface area contributed by atoms with E-state index in [9.17, 15) is 8.78 Å². The summed E-state index contributed by atoms with van der Waals surface area (Å²) in [4.78, 5) is 2.61. The molecule has 2 unspecified atom stereocenters. The van der Waals surface area contributed by atoms with E-state index in [4.69, 9.17) is 34.8 Å². The van der Waals surface area contributed by atoms with Crippen LogP contribution < -0.4 is 9.62 Å². The summed E-state index contributed by atoms with van der Waals surface area (Å²) in [5.74, 6) is -0.581. The van der Waals surface area contributed by atoms with E-state index in [0.717, 1.165) is 61.1 Å². The molecule has 3 aromatic carbocycles. The lowest BCUT2D eigenvalue weighted by Gasteiger charge is -2.35. The second-order valence-corrected chi connectivity index (χ2v) is 10.3. The monoisotopic (exact) mass is 526 g/mol. The van der Waals surface area contributed by atoms with Crippen LogP contribution in [0.4, 0.5) is 14.5 Å². The third-order valence-electron chi connectivity index (χ3n) is 5.85. The molecule has 3 aromatic rings. The maximum atomic E-state index is 14.0. The van der Waals surface area contributed by atoms with Gasteiger partial charge in [0, 0.05) is 33.8 Å². The van der Waals surface area contributed by atoms with Gasteiger partial charge in [-0.2, -0.15) is 0 Å². The average Bonchev–Trinajstić information content (AvgIpc) is 2.99. The molecule has 0 amide bonds. The topological polar surface area (TPSA) is 15.3 Å². The highest BCUT2D eigenvalue weighted by molar-refractivity contribution is 7.97. The predicted molar refractivity (Wildman–Crippen MR) is 136 cm³/mol. The van der Waals surface area contributed by atoms with Crippen LogP contribution in [0.15, 0.2) is 65.6 Å². The Morgan fingerprint density at radius 3 is 2.42 bits per heavy atom.